The van der Waals surface area contributed by atoms with Crippen molar-refractivity contribution in [1.82, 2.24) is 9.97 Å². The van der Waals surface area contributed by atoms with Gasteiger partial charge in [0.1, 0.15) is 29.5 Å². The first kappa shape index (κ1) is 16.3. The van der Waals surface area contributed by atoms with Gasteiger partial charge in [0.2, 0.25) is 0 Å². The second-order valence-corrected chi connectivity index (χ2v) is 6.01. The number of nitrogens with zero attached hydrogens (tertiary/aromatic N) is 3. The van der Waals surface area contributed by atoms with Crippen LogP contribution in [-0.4, -0.2) is 29.0 Å². The molecule has 2 heterocycles. The van der Waals surface area contributed by atoms with Crippen molar-refractivity contribution in [1.29, 1.82) is 0 Å². The van der Waals surface area contributed by atoms with Gasteiger partial charge in [-0.2, -0.15) is 0 Å². The van der Waals surface area contributed by atoms with Crippen molar-refractivity contribution in [3.8, 4) is 0 Å². The number of piperidine rings is 1. The molecule has 2 aromatic rings. The molecule has 0 radical (unpaired) electrons. The van der Waals surface area contributed by atoms with Gasteiger partial charge in [0, 0.05) is 25.2 Å². The standard InChI is InChI=1S/C17H18F2N4O/c1-11-4-6-23(7-5-11)16-9-15(20-10-21-16)17(24)22-14-3-2-12(18)8-13(14)19/h2-3,8-11H,4-7H2,1H3,(H,22,24). The Hall–Kier alpha value is -2.57. The monoisotopic (exact) mass is 332 g/mol. The van der Waals surface area contributed by atoms with Gasteiger partial charge in [-0.05, 0) is 30.9 Å². The van der Waals surface area contributed by atoms with E-state index in [9.17, 15) is 13.6 Å². The van der Waals surface area contributed by atoms with Gasteiger partial charge in [-0.15, -0.1) is 0 Å². The molecule has 5 nitrogen and oxygen atoms in total. The summed E-state index contributed by atoms with van der Waals surface area (Å²) in [6.45, 7) is 3.98. The van der Waals surface area contributed by atoms with E-state index < -0.39 is 17.5 Å². The number of halogens is 2. The van der Waals surface area contributed by atoms with Crippen LogP contribution in [0.3, 0.4) is 0 Å². The third kappa shape index (κ3) is 3.67. The number of hydrogen-bond donors (Lipinski definition) is 1. The lowest BCUT2D eigenvalue weighted by atomic mass is 9.99. The van der Waals surface area contributed by atoms with E-state index in [1.54, 1.807) is 6.07 Å². The summed E-state index contributed by atoms with van der Waals surface area (Å²) < 4.78 is 26.6. The van der Waals surface area contributed by atoms with E-state index >= 15 is 0 Å². The molecule has 3 rings (SSSR count). The molecule has 0 spiro atoms. The van der Waals surface area contributed by atoms with E-state index in [4.69, 9.17) is 0 Å². The summed E-state index contributed by atoms with van der Waals surface area (Å²) in [6.07, 6.45) is 3.47. The molecule has 1 aliphatic rings. The molecule has 1 saturated heterocycles. The topological polar surface area (TPSA) is 58.1 Å². The minimum atomic E-state index is -0.831. The minimum Gasteiger partial charge on any atom is -0.356 e. The van der Waals surface area contributed by atoms with E-state index in [-0.39, 0.29) is 11.4 Å². The van der Waals surface area contributed by atoms with Gasteiger partial charge in [0.15, 0.2) is 0 Å². The highest BCUT2D eigenvalue weighted by atomic mass is 19.1. The van der Waals surface area contributed by atoms with Crippen LogP contribution in [0.2, 0.25) is 0 Å². The van der Waals surface area contributed by atoms with Crippen molar-refractivity contribution in [2.24, 2.45) is 5.92 Å². The Morgan fingerprint density at radius 2 is 1.96 bits per heavy atom. The van der Waals surface area contributed by atoms with Crippen LogP contribution in [0.1, 0.15) is 30.3 Å². The molecule has 0 aliphatic carbocycles. The van der Waals surface area contributed by atoms with Crippen LogP contribution < -0.4 is 10.2 Å². The van der Waals surface area contributed by atoms with Gasteiger partial charge in [-0.3, -0.25) is 4.79 Å². The highest BCUT2D eigenvalue weighted by molar-refractivity contribution is 6.03. The first-order valence-electron chi connectivity index (χ1n) is 7.86. The average molecular weight is 332 g/mol. The fourth-order valence-corrected chi connectivity index (χ4v) is 2.66. The maximum absolute atomic E-state index is 13.6. The van der Waals surface area contributed by atoms with Crippen molar-refractivity contribution >= 4 is 17.4 Å². The van der Waals surface area contributed by atoms with Gasteiger partial charge in [0.05, 0.1) is 5.69 Å². The van der Waals surface area contributed by atoms with Crippen molar-refractivity contribution in [2.75, 3.05) is 23.3 Å². The van der Waals surface area contributed by atoms with Gasteiger partial charge in [-0.25, -0.2) is 18.7 Å². The predicted octanol–water partition coefficient (Wildman–Crippen LogP) is 3.24. The third-order valence-electron chi connectivity index (χ3n) is 4.17. The van der Waals surface area contributed by atoms with Gasteiger partial charge in [-0.1, -0.05) is 6.92 Å². The number of aromatic nitrogens is 2. The normalized spacial score (nSPS) is 15.4. The van der Waals surface area contributed by atoms with Crippen molar-refractivity contribution in [2.45, 2.75) is 19.8 Å². The first-order chi connectivity index (χ1) is 11.5. The number of amides is 1. The highest BCUT2D eigenvalue weighted by Gasteiger charge is 2.19. The number of anilines is 2. The Morgan fingerprint density at radius 3 is 2.67 bits per heavy atom. The van der Waals surface area contributed by atoms with Crippen LogP contribution in [0.25, 0.3) is 0 Å². The molecule has 1 aliphatic heterocycles. The van der Waals surface area contributed by atoms with Crippen LogP contribution in [0.15, 0.2) is 30.6 Å². The lowest BCUT2D eigenvalue weighted by Crippen LogP contribution is -2.33. The molecule has 1 fully saturated rings. The molecular weight excluding hydrogens is 314 g/mol. The summed E-state index contributed by atoms with van der Waals surface area (Å²) >= 11 is 0. The molecule has 1 aromatic heterocycles. The van der Waals surface area contributed by atoms with Crippen LogP contribution in [-0.2, 0) is 0 Å². The molecule has 1 amide bonds. The quantitative estimate of drug-likeness (QED) is 0.937. The second kappa shape index (κ2) is 6.90. The maximum Gasteiger partial charge on any atom is 0.274 e. The molecule has 126 valence electrons. The summed E-state index contributed by atoms with van der Waals surface area (Å²) in [4.78, 5) is 22.5. The maximum atomic E-state index is 13.6. The fraction of sp³-hybridized carbons (Fsp3) is 0.353. The zero-order valence-electron chi connectivity index (χ0n) is 13.3. The summed E-state index contributed by atoms with van der Waals surface area (Å²) in [7, 11) is 0. The van der Waals surface area contributed by atoms with E-state index in [1.165, 1.54) is 12.4 Å². The Kier molecular flexibility index (Phi) is 4.69. The third-order valence-corrected chi connectivity index (χ3v) is 4.17. The zero-order chi connectivity index (χ0) is 17.1. The fourth-order valence-electron chi connectivity index (χ4n) is 2.66. The lowest BCUT2D eigenvalue weighted by molar-refractivity contribution is 0.102. The highest BCUT2D eigenvalue weighted by Crippen LogP contribution is 2.22. The lowest BCUT2D eigenvalue weighted by Gasteiger charge is -2.31. The van der Waals surface area contributed by atoms with Crippen LogP contribution in [0, 0.1) is 17.6 Å². The van der Waals surface area contributed by atoms with Gasteiger partial charge >= 0.3 is 0 Å². The number of nitrogens with one attached hydrogen (secondary N) is 1. The molecule has 0 bridgehead atoms. The summed E-state index contributed by atoms with van der Waals surface area (Å²) in [5, 5.41) is 2.40. The molecule has 24 heavy (non-hydrogen) atoms. The number of carbonyl (C=O) groups is 1. The molecule has 7 heteroatoms. The number of carbonyl (C=O) groups excluding carboxylic acids is 1. The van der Waals surface area contributed by atoms with Gasteiger partial charge < -0.3 is 10.2 Å². The number of hydrogen-bond acceptors (Lipinski definition) is 4. The number of rotatable bonds is 3. The zero-order valence-corrected chi connectivity index (χ0v) is 13.3. The van der Waals surface area contributed by atoms with E-state index in [1.807, 2.05) is 0 Å². The summed E-state index contributed by atoms with van der Waals surface area (Å²) in [5.74, 6) is -0.722. The molecular formula is C17H18F2N4O. The molecule has 0 atom stereocenters. The van der Waals surface area contributed by atoms with Crippen LogP contribution in [0.5, 0.6) is 0 Å². The average Bonchev–Trinajstić information content (AvgIpc) is 2.58. The summed E-state index contributed by atoms with van der Waals surface area (Å²) in [5.41, 5.74) is 0.0516. The number of benzene rings is 1. The molecule has 0 saturated carbocycles. The Labute approximate surface area is 138 Å². The Bertz CT molecular complexity index is 745. The van der Waals surface area contributed by atoms with E-state index in [2.05, 4.69) is 27.1 Å². The van der Waals surface area contributed by atoms with E-state index in [0.29, 0.717) is 11.7 Å². The molecule has 1 N–H and O–H groups in total. The van der Waals surface area contributed by atoms with Crippen LogP contribution >= 0.6 is 0 Å². The van der Waals surface area contributed by atoms with E-state index in [0.717, 1.165) is 38.1 Å². The second-order valence-electron chi connectivity index (χ2n) is 6.01. The van der Waals surface area contributed by atoms with Crippen molar-refractivity contribution < 1.29 is 13.6 Å². The summed E-state index contributed by atoms with van der Waals surface area (Å²) in [6, 6.07) is 4.57. The Morgan fingerprint density at radius 1 is 1.21 bits per heavy atom. The smallest absolute Gasteiger partial charge is 0.274 e. The largest absolute Gasteiger partial charge is 0.356 e. The SMILES string of the molecule is CC1CCN(c2cc(C(=O)Nc3ccc(F)cc3F)ncn2)CC1. The van der Waals surface area contributed by atoms with Crippen molar-refractivity contribution in [3.63, 3.8) is 0 Å². The van der Waals surface area contributed by atoms with Crippen LogP contribution in [0.4, 0.5) is 20.3 Å². The first-order valence-corrected chi connectivity index (χ1v) is 7.86. The predicted molar refractivity (Wildman–Crippen MR) is 87.0 cm³/mol. The Balaban J connectivity index is 1.74. The van der Waals surface area contributed by atoms with Crippen molar-refractivity contribution in [3.05, 3.63) is 47.9 Å². The molecule has 0 unspecified atom stereocenters. The molecule has 1 aromatic carbocycles. The van der Waals surface area contributed by atoms with Gasteiger partial charge in [0.25, 0.3) is 5.91 Å². The minimum absolute atomic E-state index is 0.0895.